The van der Waals surface area contributed by atoms with Gasteiger partial charge in [-0.15, -0.1) is 0 Å². The van der Waals surface area contributed by atoms with Crippen LogP contribution in [0.4, 0.5) is 5.82 Å². The molecule has 0 spiro atoms. The minimum Gasteiger partial charge on any atom is -0.358 e. The average molecular weight is 275 g/mol. The van der Waals surface area contributed by atoms with E-state index in [9.17, 15) is 0 Å². The fourth-order valence-electron chi connectivity index (χ4n) is 1.53. The summed E-state index contributed by atoms with van der Waals surface area (Å²) in [6.07, 6.45) is 1.75. The molecule has 0 aliphatic carbocycles. The van der Waals surface area contributed by atoms with Crippen LogP contribution in [0.3, 0.4) is 0 Å². The number of anilines is 1. The second-order valence-electron chi connectivity index (χ2n) is 5.21. The van der Waals surface area contributed by atoms with Gasteiger partial charge in [-0.1, -0.05) is 6.07 Å². The van der Waals surface area contributed by atoms with Gasteiger partial charge in [0.1, 0.15) is 0 Å². The lowest BCUT2D eigenvalue weighted by atomic mass is 10.1. The molecule has 0 aliphatic heterocycles. The summed E-state index contributed by atoms with van der Waals surface area (Å²) in [5.41, 5.74) is 1.61. The van der Waals surface area contributed by atoms with E-state index in [1.54, 1.807) is 6.20 Å². The van der Waals surface area contributed by atoms with Gasteiger partial charge in [0.05, 0.1) is 11.4 Å². The van der Waals surface area contributed by atoms with Crippen molar-refractivity contribution in [2.75, 3.05) is 5.32 Å². The molecular weight excluding hydrogens is 258 g/mol. The van der Waals surface area contributed by atoms with Gasteiger partial charge in [0.15, 0.2) is 10.9 Å². The summed E-state index contributed by atoms with van der Waals surface area (Å²) in [6, 6.07) is 7.60. The minimum absolute atomic E-state index is 0.0792. The van der Waals surface area contributed by atoms with Crippen LogP contribution in [0.1, 0.15) is 20.8 Å². The van der Waals surface area contributed by atoms with Crippen molar-refractivity contribution in [3.8, 4) is 11.4 Å². The molecule has 2 rings (SSSR count). The first-order valence-electron chi connectivity index (χ1n) is 6.00. The number of thiocarbonyl (C=S) groups is 1. The van der Waals surface area contributed by atoms with Crippen LogP contribution >= 0.6 is 12.2 Å². The van der Waals surface area contributed by atoms with E-state index in [1.807, 2.05) is 45.0 Å². The standard InChI is InChI=1S/C13H17N5S/c1-13(2,3)16-12(19)15-11-8-10(17-18-11)9-6-4-5-7-14-9/h4-8H,1-3H3,(H3,15,16,17,18,19). The van der Waals surface area contributed by atoms with Gasteiger partial charge in [-0.3, -0.25) is 10.1 Å². The molecule has 0 unspecified atom stereocenters. The molecule has 0 bridgehead atoms. The average Bonchev–Trinajstić information content (AvgIpc) is 2.76. The first kappa shape index (κ1) is 13.5. The molecule has 0 fully saturated rings. The third-order valence-corrected chi connectivity index (χ3v) is 2.45. The number of aromatic amines is 1. The summed E-state index contributed by atoms with van der Waals surface area (Å²) >= 11 is 5.22. The molecule has 3 N–H and O–H groups in total. The summed E-state index contributed by atoms with van der Waals surface area (Å²) in [5.74, 6) is 0.669. The molecule has 0 aliphatic rings. The second kappa shape index (κ2) is 5.36. The highest BCUT2D eigenvalue weighted by molar-refractivity contribution is 7.80. The lowest BCUT2D eigenvalue weighted by Crippen LogP contribution is -2.42. The number of aromatic nitrogens is 3. The van der Waals surface area contributed by atoms with E-state index in [1.165, 1.54) is 0 Å². The fourth-order valence-corrected chi connectivity index (χ4v) is 1.94. The van der Waals surface area contributed by atoms with Crippen molar-refractivity contribution in [3.63, 3.8) is 0 Å². The molecular formula is C13H17N5S. The molecule has 19 heavy (non-hydrogen) atoms. The third-order valence-electron chi connectivity index (χ3n) is 2.25. The molecule has 0 saturated heterocycles. The summed E-state index contributed by atoms with van der Waals surface area (Å²) in [5, 5.41) is 13.8. The molecule has 2 aromatic rings. The fraction of sp³-hybridized carbons (Fsp3) is 0.308. The number of hydrogen-bond acceptors (Lipinski definition) is 3. The maximum atomic E-state index is 5.22. The van der Waals surface area contributed by atoms with Crippen molar-refractivity contribution < 1.29 is 0 Å². The molecule has 0 radical (unpaired) electrons. The van der Waals surface area contributed by atoms with Crippen LogP contribution in [0, 0.1) is 0 Å². The Balaban J connectivity index is 2.04. The predicted molar refractivity (Wildman–Crippen MR) is 80.9 cm³/mol. The molecule has 0 amide bonds. The number of rotatable bonds is 2. The Morgan fingerprint density at radius 3 is 2.74 bits per heavy atom. The van der Waals surface area contributed by atoms with Gasteiger partial charge in [0.25, 0.3) is 0 Å². The van der Waals surface area contributed by atoms with Gasteiger partial charge in [-0.2, -0.15) is 5.10 Å². The topological polar surface area (TPSA) is 65.6 Å². The van der Waals surface area contributed by atoms with Gasteiger partial charge < -0.3 is 10.6 Å². The van der Waals surface area contributed by atoms with Gasteiger partial charge in [-0.05, 0) is 45.1 Å². The molecule has 6 heteroatoms. The van der Waals surface area contributed by atoms with Crippen molar-refractivity contribution in [2.24, 2.45) is 0 Å². The summed E-state index contributed by atoms with van der Waals surface area (Å²) < 4.78 is 0. The number of H-pyrrole nitrogens is 1. The van der Waals surface area contributed by atoms with Crippen LogP contribution in [-0.4, -0.2) is 25.8 Å². The zero-order chi connectivity index (χ0) is 13.9. The third kappa shape index (κ3) is 4.03. The maximum Gasteiger partial charge on any atom is 0.172 e. The number of pyridine rings is 1. The Bertz CT molecular complexity index is 556. The Labute approximate surface area is 117 Å². The van der Waals surface area contributed by atoms with E-state index >= 15 is 0 Å². The predicted octanol–water partition coefficient (Wildman–Crippen LogP) is 2.56. The first-order valence-corrected chi connectivity index (χ1v) is 6.41. The first-order chi connectivity index (χ1) is 8.94. The number of hydrogen-bond donors (Lipinski definition) is 3. The smallest absolute Gasteiger partial charge is 0.172 e. The highest BCUT2D eigenvalue weighted by Gasteiger charge is 2.12. The van der Waals surface area contributed by atoms with Crippen LogP contribution < -0.4 is 10.6 Å². The van der Waals surface area contributed by atoms with E-state index in [-0.39, 0.29) is 5.54 Å². The van der Waals surface area contributed by atoms with E-state index in [0.717, 1.165) is 11.4 Å². The zero-order valence-electron chi connectivity index (χ0n) is 11.2. The SMILES string of the molecule is CC(C)(C)NC(=S)Nc1cc(-c2ccccn2)[nH]n1. The quantitative estimate of drug-likeness (QED) is 0.735. The molecule has 0 saturated carbocycles. The maximum absolute atomic E-state index is 5.22. The summed E-state index contributed by atoms with van der Waals surface area (Å²) in [4.78, 5) is 4.25. The van der Waals surface area contributed by atoms with E-state index in [4.69, 9.17) is 12.2 Å². The minimum atomic E-state index is -0.0792. The molecule has 100 valence electrons. The Kier molecular flexibility index (Phi) is 3.80. The van der Waals surface area contributed by atoms with Crippen LogP contribution in [0.15, 0.2) is 30.5 Å². The largest absolute Gasteiger partial charge is 0.358 e. The second-order valence-corrected chi connectivity index (χ2v) is 5.62. The van der Waals surface area contributed by atoms with Gasteiger partial charge in [0.2, 0.25) is 0 Å². The monoisotopic (exact) mass is 275 g/mol. The lowest BCUT2D eigenvalue weighted by Gasteiger charge is -2.22. The van der Waals surface area contributed by atoms with Crippen molar-refractivity contribution in [1.29, 1.82) is 0 Å². The van der Waals surface area contributed by atoms with Gasteiger partial charge in [0, 0.05) is 17.8 Å². The van der Waals surface area contributed by atoms with Crippen molar-refractivity contribution in [3.05, 3.63) is 30.5 Å². The molecule has 0 atom stereocenters. The van der Waals surface area contributed by atoms with Crippen molar-refractivity contribution in [1.82, 2.24) is 20.5 Å². The molecule has 0 aromatic carbocycles. The van der Waals surface area contributed by atoms with Crippen LogP contribution in [-0.2, 0) is 0 Å². The highest BCUT2D eigenvalue weighted by Crippen LogP contribution is 2.16. The normalized spacial score (nSPS) is 11.1. The number of nitrogens with one attached hydrogen (secondary N) is 3. The molecule has 2 heterocycles. The Morgan fingerprint density at radius 1 is 1.32 bits per heavy atom. The molecule has 2 aromatic heterocycles. The summed E-state index contributed by atoms with van der Waals surface area (Å²) in [6.45, 7) is 6.14. The van der Waals surface area contributed by atoms with Crippen molar-refractivity contribution in [2.45, 2.75) is 26.3 Å². The number of nitrogens with zero attached hydrogens (tertiary/aromatic N) is 2. The summed E-state index contributed by atoms with van der Waals surface area (Å²) in [7, 11) is 0. The van der Waals surface area contributed by atoms with E-state index in [0.29, 0.717) is 10.9 Å². The van der Waals surface area contributed by atoms with Crippen LogP contribution in [0.2, 0.25) is 0 Å². The lowest BCUT2D eigenvalue weighted by molar-refractivity contribution is 0.515. The van der Waals surface area contributed by atoms with Crippen molar-refractivity contribution >= 4 is 23.1 Å². The zero-order valence-corrected chi connectivity index (χ0v) is 12.0. The molecule has 5 nitrogen and oxygen atoms in total. The Hall–Kier alpha value is -1.95. The van der Waals surface area contributed by atoms with E-state index < -0.39 is 0 Å². The Morgan fingerprint density at radius 2 is 2.11 bits per heavy atom. The van der Waals surface area contributed by atoms with Gasteiger partial charge in [-0.25, -0.2) is 0 Å². The van der Waals surface area contributed by atoms with Crippen LogP contribution in [0.25, 0.3) is 11.4 Å². The van der Waals surface area contributed by atoms with E-state index in [2.05, 4.69) is 25.8 Å². The van der Waals surface area contributed by atoms with Crippen LogP contribution in [0.5, 0.6) is 0 Å². The highest BCUT2D eigenvalue weighted by atomic mass is 32.1. The van der Waals surface area contributed by atoms with Gasteiger partial charge >= 0.3 is 0 Å².